The lowest BCUT2D eigenvalue weighted by Crippen LogP contribution is -2.12. The van der Waals surface area contributed by atoms with Crippen molar-refractivity contribution < 1.29 is 9.90 Å². The summed E-state index contributed by atoms with van der Waals surface area (Å²) in [6, 6.07) is 0. The van der Waals surface area contributed by atoms with E-state index in [1.165, 1.54) is 32.1 Å². The van der Waals surface area contributed by atoms with Crippen LogP contribution in [0.25, 0.3) is 0 Å². The summed E-state index contributed by atoms with van der Waals surface area (Å²) in [6.45, 7) is 4.16. The molecule has 84 valence electrons. The molecule has 2 nitrogen and oxygen atoms in total. The Morgan fingerprint density at radius 1 is 1.07 bits per heavy atom. The van der Waals surface area contributed by atoms with Gasteiger partial charge in [0.2, 0.25) is 0 Å². The van der Waals surface area contributed by atoms with Gasteiger partial charge >= 0.3 is 5.97 Å². The summed E-state index contributed by atoms with van der Waals surface area (Å²) in [7, 11) is 0. The molecule has 0 aromatic rings. The summed E-state index contributed by atoms with van der Waals surface area (Å²) in [4.78, 5) is 10.7. The minimum Gasteiger partial charge on any atom is -0.481 e. The molecule has 0 unspecified atom stereocenters. The van der Waals surface area contributed by atoms with Crippen molar-refractivity contribution in [1.29, 1.82) is 0 Å². The number of rotatable bonds is 9. The average molecular weight is 200 g/mol. The molecule has 0 radical (unpaired) electrons. The average Bonchev–Trinajstić information content (AvgIpc) is 2.16. The van der Waals surface area contributed by atoms with E-state index in [0.717, 1.165) is 19.3 Å². The lowest BCUT2D eigenvalue weighted by Gasteiger charge is -2.08. The van der Waals surface area contributed by atoms with E-state index in [2.05, 4.69) is 6.92 Å². The van der Waals surface area contributed by atoms with Gasteiger partial charge in [0.25, 0.3) is 0 Å². The van der Waals surface area contributed by atoms with Crippen LogP contribution in [0.2, 0.25) is 0 Å². The van der Waals surface area contributed by atoms with Crippen LogP contribution in [0.4, 0.5) is 0 Å². The smallest absolute Gasteiger partial charge is 0.306 e. The van der Waals surface area contributed by atoms with Crippen LogP contribution < -0.4 is 0 Å². The standard InChI is InChI=1S/C12H24O2/c1-3-5-6-7-8-9-10-11(4-2)12(13)14/h11H,3-10H2,1-2H3,(H,13,14)/t11-/m1/s1. The quantitative estimate of drug-likeness (QED) is 0.574. The van der Waals surface area contributed by atoms with Crippen molar-refractivity contribution in [1.82, 2.24) is 0 Å². The Balaban J connectivity index is 3.29. The van der Waals surface area contributed by atoms with Crippen LogP contribution in [-0.4, -0.2) is 11.1 Å². The Hall–Kier alpha value is -0.530. The number of aliphatic carboxylic acids is 1. The highest BCUT2D eigenvalue weighted by molar-refractivity contribution is 5.69. The summed E-state index contributed by atoms with van der Waals surface area (Å²) < 4.78 is 0. The molecule has 0 rings (SSSR count). The van der Waals surface area contributed by atoms with Crippen molar-refractivity contribution in [3.63, 3.8) is 0 Å². The Kier molecular flexibility index (Phi) is 8.70. The summed E-state index contributed by atoms with van der Waals surface area (Å²) in [5, 5.41) is 8.81. The van der Waals surface area contributed by atoms with E-state index in [1.807, 2.05) is 6.92 Å². The summed E-state index contributed by atoms with van der Waals surface area (Å²) in [5.74, 6) is -0.734. The van der Waals surface area contributed by atoms with Gasteiger partial charge in [0.05, 0.1) is 5.92 Å². The van der Waals surface area contributed by atoms with Crippen LogP contribution in [-0.2, 0) is 4.79 Å². The van der Waals surface area contributed by atoms with Crippen LogP contribution in [0.1, 0.15) is 65.2 Å². The molecule has 0 heterocycles. The van der Waals surface area contributed by atoms with Gasteiger partial charge in [0.1, 0.15) is 0 Å². The van der Waals surface area contributed by atoms with Gasteiger partial charge in [-0.05, 0) is 12.8 Å². The van der Waals surface area contributed by atoms with Crippen molar-refractivity contribution in [2.75, 3.05) is 0 Å². The number of carboxylic acids is 1. The minimum absolute atomic E-state index is 0.110. The second-order valence-electron chi connectivity index (χ2n) is 4.00. The number of hydrogen-bond donors (Lipinski definition) is 1. The number of carboxylic acid groups (broad SMARTS) is 1. The molecule has 0 aliphatic carbocycles. The van der Waals surface area contributed by atoms with Crippen molar-refractivity contribution in [3.05, 3.63) is 0 Å². The molecular formula is C12H24O2. The van der Waals surface area contributed by atoms with Crippen LogP contribution in [0, 0.1) is 5.92 Å². The molecule has 2 heteroatoms. The van der Waals surface area contributed by atoms with Crippen molar-refractivity contribution in [2.45, 2.75) is 65.2 Å². The second-order valence-corrected chi connectivity index (χ2v) is 4.00. The molecule has 0 aliphatic rings. The first-order valence-electron chi connectivity index (χ1n) is 5.95. The Morgan fingerprint density at radius 3 is 2.14 bits per heavy atom. The monoisotopic (exact) mass is 200 g/mol. The molecule has 0 fully saturated rings. The highest BCUT2D eigenvalue weighted by Crippen LogP contribution is 2.15. The first-order valence-corrected chi connectivity index (χ1v) is 5.95. The first-order chi connectivity index (χ1) is 6.72. The maximum Gasteiger partial charge on any atom is 0.306 e. The summed E-state index contributed by atoms with van der Waals surface area (Å²) >= 11 is 0. The fourth-order valence-electron chi connectivity index (χ4n) is 1.67. The van der Waals surface area contributed by atoms with Gasteiger partial charge < -0.3 is 5.11 Å². The van der Waals surface area contributed by atoms with E-state index in [-0.39, 0.29) is 5.92 Å². The van der Waals surface area contributed by atoms with Gasteiger partial charge in [0.15, 0.2) is 0 Å². The maximum absolute atomic E-state index is 10.7. The normalized spacial score (nSPS) is 12.7. The maximum atomic E-state index is 10.7. The highest BCUT2D eigenvalue weighted by Gasteiger charge is 2.13. The zero-order valence-electron chi connectivity index (χ0n) is 9.59. The van der Waals surface area contributed by atoms with Crippen LogP contribution in [0.15, 0.2) is 0 Å². The van der Waals surface area contributed by atoms with Crippen molar-refractivity contribution in [2.24, 2.45) is 5.92 Å². The van der Waals surface area contributed by atoms with Crippen LogP contribution in [0.5, 0.6) is 0 Å². The number of hydrogen-bond acceptors (Lipinski definition) is 1. The molecular weight excluding hydrogens is 176 g/mol. The van der Waals surface area contributed by atoms with Gasteiger partial charge in [-0.2, -0.15) is 0 Å². The van der Waals surface area contributed by atoms with E-state index in [1.54, 1.807) is 0 Å². The molecule has 1 N–H and O–H groups in total. The Morgan fingerprint density at radius 2 is 1.64 bits per heavy atom. The van der Waals surface area contributed by atoms with Crippen molar-refractivity contribution in [3.8, 4) is 0 Å². The third-order valence-electron chi connectivity index (χ3n) is 2.75. The predicted octanol–water partition coefficient (Wildman–Crippen LogP) is 3.85. The summed E-state index contributed by atoms with van der Waals surface area (Å²) in [6.07, 6.45) is 9.06. The van der Waals surface area contributed by atoms with Gasteiger partial charge in [0, 0.05) is 0 Å². The van der Waals surface area contributed by atoms with E-state index in [9.17, 15) is 4.79 Å². The molecule has 0 saturated heterocycles. The largest absolute Gasteiger partial charge is 0.481 e. The van der Waals surface area contributed by atoms with E-state index in [0.29, 0.717) is 0 Å². The summed E-state index contributed by atoms with van der Waals surface area (Å²) in [5.41, 5.74) is 0. The molecule has 0 aliphatic heterocycles. The topological polar surface area (TPSA) is 37.3 Å². The zero-order chi connectivity index (χ0) is 10.8. The van der Waals surface area contributed by atoms with Gasteiger partial charge in [-0.25, -0.2) is 0 Å². The van der Waals surface area contributed by atoms with E-state index >= 15 is 0 Å². The lowest BCUT2D eigenvalue weighted by atomic mass is 9.98. The van der Waals surface area contributed by atoms with Crippen LogP contribution in [0.3, 0.4) is 0 Å². The zero-order valence-corrected chi connectivity index (χ0v) is 9.59. The number of carbonyl (C=O) groups is 1. The molecule has 1 atom stereocenters. The second kappa shape index (κ2) is 9.04. The highest BCUT2D eigenvalue weighted by atomic mass is 16.4. The molecule has 0 amide bonds. The molecule has 0 aromatic carbocycles. The molecule has 14 heavy (non-hydrogen) atoms. The molecule has 0 saturated carbocycles. The first kappa shape index (κ1) is 13.5. The third kappa shape index (κ3) is 6.93. The van der Waals surface area contributed by atoms with E-state index in [4.69, 9.17) is 5.11 Å². The van der Waals surface area contributed by atoms with Gasteiger partial charge in [-0.3, -0.25) is 4.79 Å². The Labute approximate surface area is 87.7 Å². The molecule has 0 bridgehead atoms. The fraction of sp³-hybridized carbons (Fsp3) is 0.917. The van der Waals surface area contributed by atoms with Gasteiger partial charge in [-0.1, -0.05) is 52.4 Å². The third-order valence-corrected chi connectivity index (χ3v) is 2.75. The van der Waals surface area contributed by atoms with Gasteiger partial charge in [-0.15, -0.1) is 0 Å². The predicted molar refractivity (Wildman–Crippen MR) is 59.4 cm³/mol. The van der Waals surface area contributed by atoms with Crippen molar-refractivity contribution >= 4 is 5.97 Å². The SMILES string of the molecule is CCCCCCCC[C@@H](CC)C(=O)O. The fourth-order valence-corrected chi connectivity index (χ4v) is 1.67. The molecule has 0 spiro atoms. The van der Waals surface area contributed by atoms with E-state index < -0.39 is 5.97 Å². The minimum atomic E-state index is -0.624. The molecule has 0 aromatic heterocycles. The number of unbranched alkanes of at least 4 members (excludes halogenated alkanes) is 5. The Bertz CT molecular complexity index is 143. The lowest BCUT2D eigenvalue weighted by molar-refractivity contribution is -0.142. The van der Waals surface area contributed by atoms with Crippen LogP contribution >= 0.6 is 0 Å².